The molecule has 1 unspecified atom stereocenters. The Hall–Kier alpha value is -1.84. The number of rotatable bonds is 5. The molecule has 1 N–H and O–H groups in total. The number of hydrogen-bond donors (Lipinski definition) is 1. The van der Waals surface area contributed by atoms with Gasteiger partial charge in [0.1, 0.15) is 12.4 Å². The first kappa shape index (κ1) is 13.6. The number of aryl methyl sites for hydroxylation is 1. The van der Waals surface area contributed by atoms with Crippen molar-refractivity contribution in [1.29, 1.82) is 0 Å². The minimum Gasteiger partial charge on any atom is -0.486 e. The van der Waals surface area contributed by atoms with E-state index in [1.807, 2.05) is 26.0 Å². The lowest BCUT2D eigenvalue weighted by atomic mass is 10.0. The van der Waals surface area contributed by atoms with E-state index in [4.69, 9.17) is 4.74 Å². The van der Waals surface area contributed by atoms with Gasteiger partial charge in [0.2, 0.25) is 5.91 Å². The lowest BCUT2D eigenvalue weighted by Gasteiger charge is -2.17. The van der Waals surface area contributed by atoms with Crippen LogP contribution >= 0.6 is 0 Å². The molecule has 1 heterocycles. The van der Waals surface area contributed by atoms with Crippen molar-refractivity contribution < 1.29 is 14.3 Å². The van der Waals surface area contributed by atoms with E-state index in [-0.39, 0.29) is 24.2 Å². The van der Waals surface area contributed by atoms with Crippen LogP contribution in [0.25, 0.3) is 0 Å². The Morgan fingerprint density at radius 2 is 2.21 bits per heavy atom. The summed E-state index contributed by atoms with van der Waals surface area (Å²) in [5, 5.41) is 2.82. The van der Waals surface area contributed by atoms with E-state index in [0.29, 0.717) is 12.2 Å². The van der Waals surface area contributed by atoms with Crippen LogP contribution in [0.1, 0.15) is 32.3 Å². The zero-order valence-electron chi connectivity index (χ0n) is 11.4. The van der Waals surface area contributed by atoms with Gasteiger partial charge in [0.05, 0.1) is 0 Å². The monoisotopic (exact) mass is 261 g/mol. The molecule has 0 saturated heterocycles. The Morgan fingerprint density at radius 3 is 2.95 bits per heavy atom. The first-order valence-electron chi connectivity index (χ1n) is 6.68. The first-order valence-corrected chi connectivity index (χ1v) is 6.68. The molecule has 0 fully saturated rings. The number of hydrogen-bond acceptors (Lipinski definition) is 3. The summed E-state index contributed by atoms with van der Waals surface area (Å²) in [6, 6.07) is 5.52. The van der Waals surface area contributed by atoms with Gasteiger partial charge in [-0.1, -0.05) is 13.8 Å². The van der Waals surface area contributed by atoms with Crippen LogP contribution in [-0.4, -0.2) is 18.3 Å². The smallest absolute Gasteiger partial charge is 0.224 e. The van der Waals surface area contributed by atoms with Crippen LogP contribution in [0.5, 0.6) is 5.75 Å². The maximum absolute atomic E-state index is 11.7. The summed E-state index contributed by atoms with van der Waals surface area (Å²) in [6.45, 7) is 4.01. The highest BCUT2D eigenvalue weighted by Gasteiger charge is 2.16. The van der Waals surface area contributed by atoms with Gasteiger partial charge in [-0.05, 0) is 36.6 Å². The number of ketones is 1. The standard InChI is InChI=1S/C15H19NO3/c1-3-10(2)14(17)9-19-12-5-6-13-11(8-12)4-7-15(18)16-13/h5-6,8,10H,3-4,7,9H2,1-2H3,(H,16,18). The zero-order chi connectivity index (χ0) is 13.8. The third kappa shape index (κ3) is 3.34. The number of carbonyl (C=O) groups excluding carboxylic acids is 2. The van der Waals surface area contributed by atoms with Crippen LogP contribution in [0.15, 0.2) is 18.2 Å². The number of carbonyl (C=O) groups is 2. The minimum absolute atomic E-state index is 0.0388. The van der Waals surface area contributed by atoms with Gasteiger partial charge in [-0.2, -0.15) is 0 Å². The van der Waals surface area contributed by atoms with E-state index in [0.717, 1.165) is 24.1 Å². The molecule has 0 saturated carbocycles. The fourth-order valence-corrected chi connectivity index (χ4v) is 1.97. The van der Waals surface area contributed by atoms with Crippen molar-refractivity contribution in [3.05, 3.63) is 23.8 Å². The molecule has 102 valence electrons. The van der Waals surface area contributed by atoms with Crippen LogP contribution in [0.3, 0.4) is 0 Å². The number of nitrogens with one attached hydrogen (secondary N) is 1. The van der Waals surface area contributed by atoms with Crippen LogP contribution in [0.4, 0.5) is 5.69 Å². The Bertz CT molecular complexity index is 496. The molecule has 0 aromatic heterocycles. The van der Waals surface area contributed by atoms with Crippen molar-refractivity contribution >= 4 is 17.4 Å². The van der Waals surface area contributed by atoms with Gasteiger partial charge >= 0.3 is 0 Å². The zero-order valence-corrected chi connectivity index (χ0v) is 11.4. The lowest BCUT2D eigenvalue weighted by Crippen LogP contribution is -2.20. The minimum atomic E-state index is 0.0388. The molecular weight excluding hydrogens is 242 g/mol. The van der Waals surface area contributed by atoms with Gasteiger partial charge in [-0.3, -0.25) is 9.59 Å². The molecule has 1 atom stereocenters. The number of Topliss-reactive ketones (excluding diaryl/α,β-unsaturated/α-hetero) is 1. The Morgan fingerprint density at radius 1 is 1.42 bits per heavy atom. The Labute approximate surface area is 113 Å². The summed E-state index contributed by atoms with van der Waals surface area (Å²) in [6.07, 6.45) is 2.05. The second kappa shape index (κ2) is 5.87. The van der Waals surface area contributed by atoms with E-state index in [1.165, 1.54) is 0 Å². The summed E-state index contributed by atoms with van der Waals surface area (Å²) < 4.78 is 5.52. The molecule has 1 aromatic rings. The molecule has 19 heavy (non-hydrogen) atoms. The number of benzene rings is 1. The molecule has 2 rings (SSSR count). The highest BCUT2D eigenvalue weighted by Crippen LogP contribution is 2.26. The van der Waals surface area contributed by atoms with Crippen LogP contribution in [0.2, 0.25) is 0 Å². The topological polar surface area (TPSA) is 55.4 Å². The lowest BCUT2D eigenvalue weighted by molar-refractivity contribution is -0.124. The van der Waals surface area contributed by atoms with E-state index in [9.17, 15) is 9.59 Å². The maximum Gasteiger partial charge on any atom is 0.224 e. The average molecular weight is 261 g/mol. The summed E-state index contributed by atoms with van der Waals surface area (Å²) in [5.41, 5.74) is 1.91. The molecule has 0 spiro atoms. The fourth-order valence-electron chi connectivity index (χ4n) is 1.97. The summed E-state index contributed by atoms with van der Waals surface area (Å²) >= 11 is 0. The average Bonchev–Trinajstić information content (AvgIpc) is 2.43. The first-order chi connectivity index (χ1) is 9.10. The van der Waals surface area contributed by atoms with Crippen molar-refractivity contribution in [3.63, 3.8) is 0 Å². The SMILES string of the molecule is CCC(C)C(=O)COc1ccc2c(c1)CCC(=O)N2. The van der Waals surface area contributed by atoms with E-state index in [1.54, 1.807) is 6.07 Å². The highest BCUT2D eigenvalue weighted by atomic mass is 16.5. The summed E-state index contributed by atoms with van der Waals surface area (Å²) in [5.74, 6) is 0.894. The number of fused-ring (bicyclic) bond motifs is 1. The molecular formula is C15H19NO3. The number of ether oxygens (including phenoxy) is 1. The second-order valence-electron chi connectivity index (χ2n) is 4.93. The van der Waals surface area contributed by atoms with Gasteiger partial charge in [-0.25, -0.2) is 0 Å². The van der Waals surface area contributed by atoms with E-state index in [2.05, 4.69) is 5.32 Å². The predicted molar refractivity (Wildman–Crippen MR) is 73.3 cm³/mol. The molecule has 4 nitrogen and oxygen atoms in total. The van der Waals surface area contributed by atoms with Gasteiger partial charge in [-0.15, -0.1) is 0 Å². The third-order valence-corrected chi connectivity index (χ3v) is 3.52. The molecule has 0 bridgehead atoms. The maximum atomic E-state index is 11.7. The van der Waals surface area contributed by atoms with Crippen molar-refractivity contribution in [2.24, 2.45) is 5.92 Å². The van der Waals surface area contributed by atoms with Crippen LogP contribution < -0.4 is 10.1 Å². The van der Waals surface area contributed by atoms with Crippen molar-refractivity contribution in [1.82, 2.24) is 0 Å². The molecule has 1 aromatic carbocycles. The van der Waals surface area contributed by atoms with Crippen LogP contribution in [0, 0.1) is 5.92 Å². The van der Waals surface area contributed by atoms with E-state index < -0.39 is 0 Å². The van der Waals surface area contributed by atoms with E-state index >= 15 is 0 Å². The van der Waals surface area contributed by atoms with Crippen molar-refractivity contribution in [2.75, 3.05) is 11.9 Å². The molecule has 1 aliphatic rings. The molecule has 1 aliphatic heterocycles. The van der Waals surface area contributed by atoms with Gasteiger partial charge in [0, 0.05) is 18.0 Å². The quantitative estimate of drug-likeness (QED) is 0.886. The predicted octanol–water partition coefficient (Wildman–Crippen LogP) is 2.57. The largest absolute Gasteiger partial charge is 0.486 e. The van der Waals surface area contributed by atoms with Crippen LogP contribution in [-0.2, 0) is 16.0 Å². The second-order valence-corrected chi connectivity index (χ2v) is 4.93. The molecule has 1 amide bonds. The summed E-state index contributed by atoms with van der Waals surface area (Å²) in [4.78, 5) is 22.9. The number of anilines is 1. The third-order valence-electron chi connectivity index (χ3n) is 3.52. The molecule has 0 radical (unpaired) electrons. The molecule has 4 heteroatoms. The Balaban J connectivity index is 1.99. The van der Waals surface area contributed by atoms with Gasteiger partial charge in [0.15, 0.2) is 5.78 Å². The van der Waals surface area contributed by atoms with Gasteiger partial charge < -0.3 is 10.1 Å². The van der Waals surface area contributed by atoms with Crippen molar-refractivity contribution in [2.45, 2.75) is 33.1 Å². The number of amides is 1. The highest BCUT2D eigenvalue weighted by molar-refractivity contribution is 5.94. The fraction of sp³-hybridized carbons (Fsp3) is 0.467. The van der Waals surface area contributed by atoms with Crippen molar-refractivity contribution in [3.8, 4) is 5.75 Å². The summed E-state index contributed by atoms with van der Waals surface area (Å²) in [7, 11) is 0. The molecule has 0 aliphatic carbocycles. The normalized spacial score (nSPS) is 15.4. The Kier molecular flexibility index (Phi) is 4.20. The van der Waals surface area contributed by atoms with Gasteiger partial charge in [0.25, 0.3) is 0 Å².